The highest BCUT2D eigenvalue weighted by atomic mass is 32.2. The Hall–Kier alpha value is -0.780. The van der Waals surface area contributed by atoms with Crippen molar-refractivity contribution in [3.05, 3.63) is 29.3 Å². The van der Waals surface area contributed by atoms with Crippen molar-refractivity contribution in [3.8, 4) is 0 Å². The van der Waals surface area contributed by atoms with Crippen molar-refractivity contribution >= 4 is 11.8 Å². The fourth-order valence-electron chi connectivity index (χ4n) is 1.12. The van der Waals surface area contributed by atoms with E-state index in [1.165, 1.54) is 12.1 Å². The van der Waals surface area contributed by atoms with Gasteiger partial charge in [-0.15, -0.1) is 0 Å². The number of benzene rings is 1. The molecule has 0 nitrogen and oxygen atoms in total. The lowest BCUT2D eigenvalue weighted by molar-refractivity contribution is -0.237. The Balaban J connectivity index is 2.96. The molecule has 0 heterocycles. The minimum absolute atomic E-state index is 0.115. The Morgan fingerprint density at radius 3 is 1.81 bits per heavy atom. The van der Waals surface area contributed by atoms with Gasteiger partial charge in [-0.05, 0) is 54.9 Å². The van der Waals surface area contributed by atoms with E-state index in [4.69, 9.17) is 0 Å². The number of hydrogen-bond acceptors (Lipinski definition) is 1. The van der Waals surface area contributed by atoms with Crippen LogP contribution in [0.15, 0.2) is 17.0 Å². The number of hydrogen-bond donors (Lipinski definition) is 0. The van der Waals surface area contributed by atoms with Crippen LogP contribution in [-0.4, -0.2) is 11.4 Å². The zero-order chi connectivity index (χ0) is 12.6. The monoisotopic (exact) mass is 255 g/mol. The lowest BCUT2D eigenvalue weighted by Crippen LogP contribution is -2.32. The molecule has 0 aliphatic carbocycles. The van der Waals surface area contributed by atoms with Crippen molar-refractivity contribution in [2.75, 3.05) is 0 Å². The summed E-state index contributed by atoms with van der Waals surface area (Å²) < 4.78 is 61.2. The van der Waals surface area contributed by atoms with Crippen molar-refractivity contribution in [3.63, 3.8) is 0 Å². The zero-order valence-corrected chi connectivity index (χ0v) is 9.27. The summed E-state index contributed by atoms with van der Waals surface area (Å²) in [5.74, 6) is 0. The van der Waals surface area contributed by atoms with Crippen LogP contribution in [0.25, 0.3) is 0 Å². The summed E-state index contributed by atoms with van der Waals surface area (Å²) in [4.78, 5) is -0.115. The summed E-state index contributed by atoms with van der Waals surface area (Å²) >= 11 is -0.497. The van der Waals surface area contributed by atoms with Crippen molar-refractivity contribution in [1.29, 1.82) is 0 Å². The highest BCUT2D eigenvalue weighted by molar-refractivity contribution is 8.00. The molecule has 1 radical (unpaired) electrons. The topological polar surface area (TPSA) is 0 Å². The van der Waals surface area contributed by atoms with Crippen LogP contribution >= 0.6 is 11.8 Å². The minimum atomic E-state index is -5.54. The quantitative estimate of drug-likeness (QED) is 0.559. The van der Waals surface area contributed by atoms with Gasteiger partial charge in [0.2, 0.25) is 0 Å². The molecule has 1 rings (SSSR count). The first-order valence-corrected chi connectivity index (χ1v) is 5.07. The van der Waals surface area contributed by atoms with Crippen molar-refractivity contribution in [1.82, 2.24) is 0 Å². The summed E-state index contributed by atoms with van der Waals surface area (Å²) in [6.45, 7) is 3.17. The van der Waals surface area contributed by atoms with Crippen LogP contribution in [0.2, 0.25) is 0 Å². The standard InChI is InChI=1S/C10H8F5S/c1-6-3-7(2)5-8(4-6)16-10(14,15)9(11,12)13/h4-5H,1-2H3. The fourth-order valence-corrected chi connectivity index (χ4v) is 2.00. The molecule has 89 valence electrons. The third-order valence-corrected chi connectivity index (χ3v) is 2.65. The molecule has 0 bridgehead atoms. The minimum Gasteiger partial charge on any atom is -0.183 e. The van der Waals surface area contributed by atoms with E-state index in [-0.39, 0.29) is 4.90 Å². The SMILES string of the molecule is Cc1[c]c(C)cc(SC(F)(F)C(F)(F)F)c1. The van der Waals surface area contributed by atoms with Crippen molar-refractivity contribution in [2.45, 2.75) is 30.2 Å². The summed E-state index contributed by atoms with van der Waals surface area (Å²) in [6, 6.07) is 5.29. The van der Waals surface area contributed by atoms with E-state index >= 15 is 0 Å². The molecule has 0 unspecified atom stereocenters. The van der Waals surface area contributed by atoms with Crippen LogP contribution in [0.5, 0.6) is 0 Å². The molecule has 0 atom stereocenters. The molecule has 0 aliphatic heterocycles. The van der Waals surface area contributed by atoms with Gasteiger partial charge in [-0.3, -0.25) is 0 Å². The van der Waals surface area contributed by atoms with Crippen LogP contribution < -0.4 is 0 Å². The second-order valence-electron chi connectivity index (χ2n) is 3.30. The van der Waals surface area contributed by atoms with Crippen LogP contribution in [0.1, 0.15) is 11.1 Å². The molecular formula is C10H8F5S. The molecular weight excluding hydrogens is 247 g/mol. The number of aryl methyl sites for hydroxylation is 2. The Bertz CT molecular complexity index is 363. The third-order valence-electron chi connectivity index (χ3n) is 1.69. The molecule has 1 aromatic carbocycles. The predicted octanol–water partition coefficient (Wildman–Crippen LogP) is 4.35. The molecule has 0 fully saturated rings. The maximum absolute atomic E-state index is 12.7. The third kappa shape index (κ3) is 3.10. The second-order valence-corrected chi connectivity index (χ2v) is 4.49. The van der Waals surface area contributed by atoms with Gasteiger partial charge in [-0.25, -0.2) is 0 Å². The molecule has 16 heavy (non-hydrogen) atoms. The van der Waals surface area contributed by atoms with Crippen molar-refractivity contribution < 1.29 is 22.0 Å². The van der Waals surface area contributed by atoms with Gasteiger partial charge in [-0.1, -0.05) is 0 Å². The first-order valence-electron chi connectivity index (χ1n) is 4.26. The van der Waals surface area contributed by atoms with Gasteiger partial charge in [0.15, 0.2) is 0 Å². The van der Waals surface area contributed by atoms with Gasteiger partial charge in [0.1, 0.15) is 0 Å². The highest BCUT2D eigenvalue weighted by Gasteiger charge is 2.58. The van der Waals surface area contributed by atoms with Gasteiger partial charge in [-0.2, -0.15) is 22.0 Å². The first kappa shape index (κ1) is 13.3. The van der Waals surface area contributed by atoms with E-state index in [1.54, 1.807) is 13.8 Å². The lowest BCUT2D eigenvalue weighted by atomic mass is 10.2. The molecule has 0 amide bonds. The molecule has 0 aliphatic rings. The predicted molar refractivity (Wildman–Crippen MR) is 51.6 cm³/mol. The summed E-state index contributed by atoms with van der Waals surface area (Å²) in [6.07, 6.45) is -5.54. The molecule has 0 saturated heterocycles. The van der Waals surface area contributed by atoms with Gasteiger partial charge in [0.05, 0.1) is 0 Å². The zero-order valence-electron chi connectivity index (χ0n) is 8.45. The van der Waals surface area contributed by atoms with E-state index in [2.05, 4.69) is 6.07 Å². The molecule has 0 spiro atoms. The van der Waals surface area contributed by atoms with Crippen LogP contribution in [-0.2, 0) is 0 Å². The molecule has 0 N–H and O–H groups in total. The average Bonchev–Trinajstić information content (AvgIpc) is 1.97. The Kier molecular flexibility index (Phi) is 3.52. The highest BCUT2D eigenvalue weighted by Crippen LogP contribution is 2.47. The summed E-state index contributed by atoms with van der Waals surface area (Å²) in [7, 11) is 0. The number of thioether (sulfide) groups is 1. The summed E-state index contributed by atoms with van der Waals surface area (Å²) in [5, 5.41) is -4.77. The smallest absolute Gasteiger partial charge is 0.183 e. The lowest BCUT2D eigenvalue weighted by Gasteiger charge is -2.18. The molecule has 1 aromatic rings. The summed E-state index contributed by atoms with van der Waals surface area (Å²) in [5.41, 5.74) is 1.06. The van der Waals surface area contributed by atoms with Crippen LogP contribution in [0.3, 0.4) is 0 Å². The van der Waals surface area contributed by atoms with E-state index in [0.717, 1.165) is 0 Å². The maximum atomic E-state index is 12.7. The fraction of sp³-hybridized carbons (Fsp3) is 0.400. The van der Waals surface area contributed by atoms with E-state index in [0.29, 0.717) is 11.1 Å². The Morgan fingerprint density at radius 1 is 1.00 bits per heavy atom. The van der Waals surface area contributed by atoms with E-state index < -0.39 is 23.2 Å². The largest absolute Gasteiger partial charge is 0.464 e. The molecule has 6 heteroatoms. The molecule has 0 saturated carbocycles. The van der Waals surface area contributed by atoms with Crippen LogP contribution in [0, 0.1) is 19.9 Å². The first-order chi connectivity index (χ1) is 7.12. The van der Waals surface area contributed by atoms with Gasteiger partial charge in [0.25, 0.3) is 0 Å². The maximum Gasteiger partial charge on any atom is 0.464 e. The second kappa shape index (κ2) is 4.24. The number of rotatable bonds is 2. The van der Waals surface area contributed by atoms with Crippen LogP contribution in [0.4, 0.5) is 22.0 Å². The molecule has 0 aromatic heterocycles. The Morgan fingerprint density at radius 2 is 1.44 bits per heavy atom. The number of halogens is 5. The van der Waals surface area contributed by atoms with E-state index in [9.17, 15) is 22.0 Å². The van der Waals surface area contributed by atoms with Gasteiger partial charge < -0.3 is 0 Å². The normalized spacial score (nSPS) is 12.9. The van der Waals surface area contributed by atoms with Gasteiger partial charge in [0, 0.05) is 4.90 Å². The Labute approximate surface area is 93.8 Å². The van der Waals surface area contributed by atoms with Crippen molar-refractivity contribution in [2.24, 2.45) is 0 Å². The number of alkyl halides is 5. The average molecular weight is 255 g/mol. The van der Waals surface area contributed by atoms with Gasteiger partial charge >= 0.3 is 11.4 Å². The van der Waals surface area contributed by atoms with E-state index in [1.807, 2.05) is 0 Å².